The lowest BCUT2D eigenvalue weighted by Crippen LogP contribution is -3.00. The average molecular weight is 659 g/mol. The van der Waals surface area contributed by atoms with Crippen LogP contribution >= 0.6 is 24.0 Å². The molecule has 1 aromatic carbocycles. The van der Waals surface area contributed by atoms with Crippen molar-refractivity contribution < 1.29 is 36.1 Å². The number of aromatic nitrogens is 4. The van der Waals surface area contributed by atoms with Crippen LogP contribution in [0.3, 0.4) is 0 Å². The Labute approximate surface area is 267 Å². The molecule has 3 heterocycles. The molecule has 0 spiro atoms. The second kappa shape index (κ2) is 15.9. The Kier molecular flexibility index (Phi) is 13.2. The number of halogens is 3. The summed E-state index contributed by atoms with van der Waals surface area (Å²) in [6.07, 6.45) is 1.03. The molecular formula is C27H38Cl3N9O4. The first-order valence-electron chi connectivity index (χ1n) is 13.8. The fourth-order valence-electron chi connectivity index (χ4n) is 5.01. The van der Waals surface area contributed by atoms with Gasteiger partial charge in [-0.15, -0.1) is 12.4 Å². The summed E-state index contributed by atoms with van der Waals surface area (Å²) in [4.78, 5) is 48.5. The van der Waals surface area contributed by atoms with Crippen LogP contribution < -0.4 is 43.8 Å². The molecule has 0 saturated carbocycles. The third kappa shape index (κ3) is 7.77. The number of aryl methyl sites for hydroxylation is 2. The van der Waals surface area contributed by atoms with Crippen LogP contribution in [0.25, 0.3) is 11.0 Å². The predicted octanol–water partition coefficient (Wildman–Crippen LogP) is -1.27. The van der Waals surface area contributed by atoms with E-state index in [9.17, 15) is 14.4 Å². The van der Waals surface area contributed by atoms with E-state index in [1.807, 2.05) is 42.0 Å². The highest BCUT2D eigenvalue weighted by atomic mass is 35.5. The van der Waals surface area contributed by atoms with E-state index in [1.54, 1.807) is 4.90 Å². The van der Waals surface area contributed by atoms with Crippen LogP contribution in [0.2, 0.25) is 5.15 Å². The molecule has 0 unspecified atom stereocenters. The SMILES string of the molecule is CCCC(=O)c1cc2c(cc1OCC(=O)N1CCNCC1)[n+](CC)c(CNC(=O)c1nc(Cl)c(N)nc1N)n2CC.Cl.[Cl-]. The summed E-state index contributed by atoms with van der Waals surface area (Å²) in [5, 5.41) is 5.96. The number of hydrogen-bond acceptors (Lipinski definition) is 9. The Balaban J connectivity index is 0.00000323. The smallest absolute Gasteiger partial charge is 0.277 e. The highest BCUT2D eigenvalue weighted by molar-refractivity contribution is 6.31. The molecule has 1 aliphatic rings. The monoisotopic (exact) mass is 657 g/mol. The van der Waals surface area contributed by atoms with Gasteiger partial charge in [-0.1, -0.05) is 18.5 Å². The third-order valence-corrected chi connectivity index (χ3v) is 7.32. The molecule has 1 saturated heterocycles. The number of anilines is 2. The summed E-state index contributed by atoms with van der Waals surface area (Å²) in [6.45, 7) is 9.75. The molecule has 1 fully saturated rings. The van der Waals surface area contributed by atoms with E-state index in [4.69, 9.17) is 27.8 Å². The standard InChI is InChI=1S/C27H36ClN9O4.2ClH/c1-4-7-19(38)16-12-17-18(13-20(16)41-15-22(39)35-10-8-31-9-11-35)37(6-3)21(36(17)5-2)14-32-27(40)23-25(29)34-26(30)24(28)33-23;;/h12-13,31H,4-11,14-15H2,1-3H3,(H4-,29,30,32,34,40);2*1H. The minimum Gasteiger partial charge on any atom is -1.00 e. The number of nitrogens with two attached hydrogens (primary N) is 2. The second-order valence-electron chi connectivity index (χ2n) is 9.65. The van der Waals surface area contributed by atoms with Gasteiger partial charge in [0.1, 0.15) is 12.3 Å². The second-order valence-corrected chi connectivity index (χ2v) is 10.0. The third-order valence-electron chi connectivity index (χ3n) is 7.04. The Morgan fingerprint density at radius 1 is 1.12 bits per heavy atom. The largest absolute Gasteiger partial charge is 1.00 e. The van der Waals surface area contributed by atoms with Crippen molar-refractivity contribution in [3.05, 3.63) is 34.4 Å². The van der Waals surface area contributed by atoms with Gasteiger partial charge >= 0.3 is 0 Å². The Morgan fingerprint density at radius 2 is 1.81 bits per heavy atom. The molecule has 3 aromatic rings. The van der Waals surface area contributed by atoms with Gasteiger partial charge in [0.15, 0.2) is 45.9 Å². The number of benzene rings is 1. The fourth-order valence-corrected chi connectivity index (χ4v) is 5.13. The maximum absolute atomic E-state index is 13.2. The van der Waals surface area contributed by atoms with Gasteiger partial charge in [-0.2, -0.15) is 0 Å². The summed E-state index contributed by atoms with van der Waals surface area (Å²) < 4.78 is 10.1. The van der Waals surface area contributed by atoms with Gasteiger partial charge in [0.25, 0.3) is 17.6 Å². The number of rotatable bonds is 11. The molecule has 1 aliphatic heterocycles. The van der Waals surface area contributed by atoms with Crippen LogP contribution in [0.5, 0.6) is 5.75 Å². The summed E-state index contributed by atoms with van der Waals surface area (Å²) in [7, 11) is 0. The van der Waals surface area contributed by atoms with Crippen molar-refractivity contribution >= 4 is 64.3 Å². The molecule has 2 aromatic heterocycles. The summed E-state index contributed by atoms with van der Waals surface area (Å²) >= 11 is 5.95. The number of ketones is 1. The summed E-state index contributed by atoms with van der Waals surface area (Å²) in [5.74, 6) is 0.233. The highest BCUT2D eigenvalue weighted by Crippen LogP contribution is 2.28. The lowest BCUT2D eigenvalue weighted by Gasteiger charge is -2.27. The van der Waals surface area contributed by atoms with E-state index in [0.717, 1.165) is 29.9 Å². The average Bonchev–Trinajstić information content (AvgIpc) is 3.27. The number of nitrogens with zero attached hydrogens (tertiary/aromatic N) is 5. The number of amides is 2. The van der Waals surface area contributed by atoms with Crippen molar-refractivity contribution in [3.8, 4) is 5.75 Å². The minimum atomic E-state index is -0.554. The zero-order valence-electron chi connectivity index (χ0n) is 24.4. The van der Waals surface area contributed by atoms with Crippen LogP contribution in [-0.4, -0.2) is 69.8 Å². The molecule has 0 aliphatic carbocycles. The van der Waals surface area contributed by atoms with Gasteiger partial charge in [0.05, 0.1) is 18.7 Å². The number of nitrogen functional groups attached to an aromatic ring is 2. The first-order chi connectivity index (χ1) is 19.7. The number of nitrogens with one attached hydrogen (secondary N) is 2. The molecule has 2 amide bonds. The summed E-state index contributed by atoms with van der Waals surface area (Å²) in [6, 6.07) is 3.63. The Bertz CT molecular complexity index is 1480. The van der Waals surface area contributed by atoms with E-state index >= 15 is 0 Å². The quantitative estimate of drug-likeness (QED) is 0.145. The lowest BCUT2D eigenvalue weighted by atomic mass is 10.0. The zero-order valence-corrected chi connectivity index (χ0v) is 26.7. The molecule has 236 valence electrons. The lowest BCUT2D eigenvalue weighted by molar-refractivity contribution is -0.676. The Morgan fingerprint density at radius 3 is 2.44 bits per heavy atom. The summed E-state index contributed by atoms with van der Waals surface area (Å²) in [5.41, 5.74) is 13.4. The van der Waals surface area contributed by atoms with E-state index in [2.05, 4.69) is 20.6 Å². The van der Waals surface area contributed by atoms with Gasteiger partial charge in [0, 0.05) is 44.7 Å². The van der Waals surface area contributed by atoms with Crippen molar-refractivity contribution in [1.82, 2.24) is 30.1 Å². The molecule has 16 heteroatoms. The predicted molar refractivity (Wildman–Crippen MR) is 162 cm³/mol. The van der Waals surface area contributed by atoms with Crippen LogP contribution in [0.1, 0.15) is 60.3 Å². The molecule has 6 N–H and O–H groups in total. The number of fused-ring (bicyclic) bond motifs is 1. The van der Waals surface area contributed by atoms with E-state index in [1.165, 1.54) is 0 Å². The highest BCUT2D eigenvalue weighted by Gasteiger charge is 2.28. The van der Waals surface area contributed by atoms with E-state index in [-0.39, 0.29) is 72.1 Å². The number of imidazole rings is 1. The number of ether oxygens (including phenoxy) is 1. The first kappa shape index (κ1) is 35.8. The Hall–Kier alpha value is -3.39. The van der Waals surface area contributed by atoms with E-state index < -0.39 is 5.91 Å². The van der Waals surface area contributed by atoms with Crippen molar-refractivity contribution in [1.29, 1.82) is 0 Å². The fraction of sp³-hybridized carbons (Fsp3) is 0.481. The normalized spacial score (nSPS) is 12.8. The van der Waals surface area contributed by atoms with Crippen molar-refractivity contribution in [2.75, 3.05) is 44.3 Å². The minimum absolute atomic E-state index is 0. The van der Waals surface area contributed by atoms with Crippen molar-refractivity contribution in [2.45, 2.75) is 53.2 Å². The van der Waals surface area contributed by atoms with Gasteiger partial charge in [-0.25, -0.2) is 19.1 Å². The van der Waals surface area contributed by atoms with Crippen LogP contribution in [0.4, 0.5) is 11.6 Å². The topological polar surface area (TPSA) is 174 Å². The molecule has 13 nitrogen and oxygen atoms in total. The maximum Gasteiger partial charge on any atom is 0.277 e. The maximum atomic E-state index is 13.2. The van der Waals surface area contributed by atoms with E-state index in [0.29, 0.717) is 50.3 Å². The van der Waals surface area contributed by atoms with Gasteiger partial charge in [-0.3, -0.25) is 14.4 Å². The van der Waals surface area contributed by atoms with Gasteiger partial charge < -0.3 is 44.1 Å². The van der Waals surface area contributed by atoms with Crippen LogP contribution in [-0.2, 0) is 24.4 Å². The first-order valence-corrected chi connectivity index (χ1v) is 14.2. The number of Topliss-reactive ketones (excluding diaryl/α,β-unsaturated/α-hetero) is 1. The van der Waals surface area contributed by atoms with Gasteiger partial charge in [0.2, 0.25) is 0 Å². The van der Waals surface area contributed by atoms with Crippen molar-refractivity contribution in [2.24, 2.45) is 0 Å². The molecule has 0 atom stereocenters. The number of piperazine rings is 1. The van der Waals surface area contributed by atoms with Crippen LogP contribution in [0, 0.1) is 0 Å². The van der Waals surface area contributed by atoms with Crippen LogP contribution in [0.15, 0.2) is 12.1 Å². The zero-order chi connectivity index (χ0) is 29.7. The molecule has 4 rings (SSSR count). The molecule has 0 bridgehead atoms. The molecular weight excluding hydrogens is 621 g/mol. The molecule has 43 heavy (non-hydrogen) atoms. The van der Waals surface area contributed by atoms with Crippen molar-refractivity contribution in [3.63, 3.8) is 0 Å². The number of carbonyl (C=O) groups excluding carboxylic acids is 3. The molecule has 0 radical (unpaired) electrons. The van der Waals surface area contributed by atoms with Gasteiger partial charge in [-0.05, 0) is 20.3 Å². The number of hydrogen-bond donors (Lipinski definition) is 4. The number of carbonyl (C=O) groups is 3.